The molecule has 0 unspecified atom stereocenters. The maximum atomic E-state index is 11.8. The second kappa shape index (κ2) is 6.50. The number of nitro benzene ring substituents is 1. The number of hydrogen-bond donors (Lipinski definition) is 1. The van der Waals surface area contributed by atoms with Crippen molar-refractivity contribution in [2.45, 2.75) is 13.5 Å². The van der Waals surface area contributed by atoms with Gasteiger partial charge in [-0.3, -0.25) is 10.1 Å². The highest BCUT2D eigenvalue weighted by Gasteiger charge is 2.27. The van der Waals surface area contributed by atoms with Crippen LogP contribution in [-0.4, -0.2) is 49.6 Å². The molecule has 8 heteroatoms. The third-order valence-corrected chi connectivity index (χ3v) is 5.67. The molecule has 1 heterocycles. The summed E-state index contributed by atoms with van der Waals surface area (Å²) in [6.07, 6.45) is 0. The van der Waals surface area contributed by atoms with Crippen LogP contribution in [-0.2, 0) is 16.6 Å². The summed E-state index contributed by atoms with van der Waals surface area (Å²) in [4.78, 5) is 11.5. The molecule has 1 aliphatic heterocycles. The van der Waals surface area contributed by atoms with E-state index in [9.17, 15) is 18.5 Å². The predicted molar refractivity (Wildman–Crippen MR) is 78.5 cm³/mol. The summed E-state index contributed by atoms with van der Waals surface area (Å²) in [5.41, 5.74) is 1.12. The first-order valence-corrected chi connectivity index (χ1v) is 8.58. The number of quaternary nitrogens is 1. The van der Waals surface area contributed by atoms with Gasteiger partial charge in [0.2, 0.25) is 10.0 Å². The van der Waals surface area contributed by atoms with E-state index in [1.165, 1.54) is 17.0 Å². The molecule has 0 spiro atoms. The van der Waals surface area contributed by atoms with Gasteiger partial charge in [-0.15, -0.1) is 0 Å². The fourth-order valence-electron chi connectivity index (χ4n) is 2.46. The molecule has 116 valence electrons. The van der Waals surface area contributed by atoms with Crippen molar-refractivity contribution < 1.29 is 18.2 Å². The van der Waals surface area contributed by atoms with Crippen molar-refractivity contribution >= 4 is 15.7 Å². The van der Waals surface area contributed by atoms with Gasteiger partial charge in [-0.05, 0) is 19.1 Å². The number of benzene rings is 1. The van der Waals surface area contributed by atoms with Gasteiger partial charge in [-0.2, -0.15) is 4.31 Å². The Bertz CT molecular complexity index is 592. The minimum atomic E-state index is -3.09. The smallest absolute Gasteiger partial charge is 0.269 e. The van der Waals surface area contributed by atoms with E-state index in [1.807, 2.05) is 0 Å². The zero-order valence-corrected chi connectivity index (χ0v) is 12.8. The second-order valence-electron chi connectivity index (χ2n) is 5.15. The van der Waals surface area contributed by atoms with Crippen LogP contribution in [0.5, 0.6) is 0 Å². The Hall–Kier alpha value is -1.51. The number of nitrogens with zero attached hydrogens (tertiary/aromatic N) is 2. The summed E-state index contributed by atoms with van der Waals surface area (Å²) >= 11 is 0. The molecule has 0 radical (unpaired) electrons. The molecule has 21 heavy (non-hydrogen) atoms. The summed E-state index contributed by atoms with van der Waals surface area (Å²) in [6.45, 7) is 5.02. The van der Waals surface area contributed by atoms with Crippen molar-refractivity contribution in [1.82, 2.24) is 4.31 Å². The van der Waals surface area contributed by atoms with Crippen LogP contribution in [0.25, 0.3) is 0 Å². The Kier molecular flexibility index (Phi) is 4.92. The van der Waals surface area contributed by atoms with Crippen LogP contribution in [0.2, 0.25) is 0 Å². The van der Waals surface area contributed by atoms with Crippen molar-refractivity contribution in [1.29, 1.82) is 0 Å². The highest BCUT2D eigenvalue weighted by Crippen LogP contribution is 2.11. The van der Waals surface area contributed by atoms with Gasteiger partial charge in [0.05, 0.1) is 36.9 Å². The van der Waals surface area contributed by atoms with Gasteiger partial charge in [0.1, 0.15) is 6.54 Å². The van der Waals surface area contributed by atoms with Crippen molar-refractivity contribution in [3.63, 3.8) is 0 Å². The highest BCUT2D eigenvalue weighted by molar-refractivity contribution is 7.89. The van der Waals surface area contributed by atoms with Gasteiger partial charge in [0.15, 0.2) is 0 Å². The molecule has 0 aliphatic carbocycles. The van der Waals surface area contributed by atoms with Crippen LogP contribution in [0.1, 0.15) is 12.5 Å². The van der Waals surface area contributed by atoms with E-state index in [1.54, 1.807) is 23.4 Å². The van der Waals surface area contributed by atoms with E-state index < -0.39 is 14.9 Å². The molecule has 1 aliphatic rings. The molecule has 0 bridgehead atoms. The number of hydrogen-bond acceptors (Lipinski definition) is 4. The van der Waals surface area contributed by atoms with E-state index in [0.717, 1.165) is 25.2 Å². The Morgan fingerprint density at radius 1 is 1.24 bits per heavy atom. The zero-order chi connectivity index (χ0) is 15.5. The number of sulfonamides is 1. The molecule has 1 aromatic carbocycles. The Morgan fingerprint density at radius 3 is 2.29 bits per heavy atom. The van der Waals surface area contributed by atoms with Crippen LogP contribution in [0.4, 0.5) is 5.69 Å². The topological polar surface area (TPSA) is 85.0 Å². The average molecular weight is 314 g/mol. The lowest BCUT2D eigenvalue weighted by Gasteiger charge is -2.31. The first kappa shape index (κ1) is 15.9. The van der Waals surface area contributed by atoms with E-state index in [-0.39, 0.29) is 11.4 Å². The Balaban J connectivity index is 1.90. The van der Waals surface area contributed by atoms with Gasteiger partial charge >= 0.3 is 0 Å². The maximum absolute atomic E-state index is 11.8. The summed E-state index contributed by atoms with van der Waals surface area (Å²) < 4.78 is 25.1. The second-order valence-corrected chi connectivity index (χ2v) is 7.41. The van der Waals surface area contributed by atoms with E-state index in [4.69, 9.17) is 0 Å². The number of piperazine rings is 1. The van der Waals surface area contributed by atoms with E-state index in [0.29, 0.717) is 13.1 Å². The monoisotopic (exact) mass is 314 g/mol. The standard InChI is InChI=1S/C13H19N3O4S/c1-2-21(19,20)15-9-7-14(8-10-15)11-12-3-5-13(6-4-12)16(17)18/h3-6H,2,7-11H2,1H3/p+1. The third kappa shape index (κ3) is 3.99. The molecule has 0 aromatic heterocycles. The van der Waals surface area contributed by atoms with Crippen molar-refractivity contribution in [2.75, 3.05) is 31.9 Å². The molecule has 1 saturated heterocycles. The lowest BCUT2D eigenvalue weighted by Crippen LogP contribution is -3.13. The molecular formula is C13H20N3O4S+. The number of nitro groups is 1. The highest BCUT2D eigenvalue weighted by atomic mass is 32.2. The lowest BCUT2D eigenvalue weighted by atomic mass is 10.2. The van der Waals surface area contributed by atoms with Gasteiger partial charge < -0.3 is 4.90 Å². The van der Waals surface area contributed by atoms with Crippen LogP contribution < -0.4 is 4.90 Å². The van der Waals surface area contributed by atoms with Gasteiger partial charge in [-0.25, -0.2) is 8.42 Å². The SMILES string of the molecule is CCS(=O)(=O)N1CC[NH+](Cc2ccc([N+](=O)[O-])cc2)CC1. The molecule has 0 saturated carbocycles. The minimum absolute atomic E-state index is 0.0904. The van der Waals surface area contributed by atoms with Crippen molar-refractivity contribution in [3.8, 4) is 0 Å². The van der Waals surface area contributed by atoms with Crippen LogP contribution >= 0.6 is 0 Å². The zero-order valence-electron chi connectivity index (χ0n) is 12.0. The van der Waals surface area contributed by atoms with Crippen molar-refractivity contribution in [3.05, 3.63) is 39.9 Å². The molecule has 1 fully saturated rings. The fourth-order valence-corrected chi connectivity index (χ4v) is 3.57. The lowest BCUT2D eigenvalue weighted by molar-refractivity contribution is -0.917. The number of non-ortho nitro benzene ring substituents is 1. The predicted octanol–water partition coefficient (Wildman–Crippen LogP) is -0.355. The molecule has 0 amide bonds. The molecule has 1 N–H and O–H groups in total. The van der Waals surface area contributed by atoms with Crippen molar-refractivity contribution in [2.24, 2.45) is 0 Å². The normalized spacial score (nSPS) is 17.8. The number of nitrogens with one attached hydrogen (secondary N) is 1. The van der Waals surface area contributed by atoms with E-state index in [2.05, 4.69) is 0 Å². The van der Waals surface area contributed by atoms with Crippen LogP contribution in [0.3, 0.4) is 0 Å². The fraction of sp³-hybridized carbons (Fsp3) is 0.538. The van der Waals surface area contributed by atoms with Crippen LogP contribution in [0, 0.1) is 10.1 Å². The Labute approximate surface area is 124 Å². The van der Waals surface area contributed by atoms with Gasteiger partial charge in [0.25, 0.3) is 5.69 Å². The third-order valence-electron chi connectivity index (χ3n) is 3.79. The quantitative estimate of drug-likeness (QED) is 0.594. The summed E-state index contributed by atoms with van der Waals surface area (Å²) in [7, 11) is -3.09. The first-order valence-electron chi connectivity index (χ1n) is 6.97. The number of rotatable bonds is 5. The van der Waals surface area contributed by atoms with Gasteiger partial charge in [0, 0.05) is 17.7 Å². The molecular weight excluding hydrogens is 294 g/mol. The summed E-state index contributed by atoms with van der Waals surface area (Å²) in [6, 6.07) is 6.54. The average Bonchev–Trinajstić information content (AvgIpc) is 2.48. The molecule has 7 nitrogen and oxygen atoms in total. The summed E-state index contributed by atoms with van der Waals surface area (Å²) in [5, 5.41) is 10.6. The molecule has 0 atom stereocenters. The largest absolute Gasteiger partial charge is 0.329 e. The summed E-state index contributed by atoms with van der Waals surface area (Å²) in [5.74, 6) is 0.144. The van der Waals surface area contributed by atoms with Crippen LogP contribution in [0.15, 0.2) is 24.3 Å². The first-order chi connectivity index (χ1) is 9.92. The minimum Gasteiger partial charge on any atom is -0.329 e. The van der Waals surface area contributed by atoms with Gasteiger partial charge in [-0.1, -0.05) is 0 Å². The Morgan fingerprint density at radius 2 is 1.81 bits per heavy atom. The molecule has 1 aromatic rings. The maximum Gasteiger partial charge on any atom is 0.269 e. The molecule has 2 rings (SSSR count). The van der Waals surface area contributed by atoms with E-state index >= 15 is 0 Å².